The molecule has 1 saturated heterocycles. The second-order valence-electron chi connectivity index (χ2n) is 4.10. The summed E-state index contributed by atoms with van der Waals surface area (Å²) in [5.74, 6) is 0.161. The molecule has 3 heteroatoms. The first kappa shape index (κ1) is 11.5. The van der Waals surface area contributed by atoms with Gasteiger partial charge in [0.15, 0.2) is 0 Å². The van der Waals surface area contributed by atoms with E-state index < -0.39 is 0 Å². The summed E-state index contributed by atoms with van der Waals surface area (Å²) in [6.07, 6.45) is 4.58. The third-order valence-electron chi connectivity index (χ3n) is 2.93. The molecule has 1 N–H and O–H groups in total. The predicted molar refractivity (Wildman–Crippen MR) is 58.2 cm³/mol. The Bertz CT molecular complexity index is 176. The van der Waals surface area contributed by atoms with E-state index in [-0.39, 0.29) is 5.91 Å². The maximum atomic E-state index is 11.1. The molecule has 0 aromatic rings. The van der Waals surface area contributed by atoms with Gasteiger partial charge in [0, 0.05) is 19.0 Å². The van der Waals surface area contributed by atoms with E-state index in [1.54, 1.807) is 0 Å². The summed E-state index contributed by atoms with van der Waals surface area (Å²) in [5, 5.41) is 2.95. The summed E-state index contributed by atoms with van der Waals surface area (Å²) in [5.41, 5.74) is 0. The van der Waals surface area contributed by atoms with Crippen LogP contribution < -0.4 is 5.32 Å². The lowest BCUT2D eigenvalue weighted by molar-refractivity contribution is -0.121. The minimum atomic E-state index is 0.161. The number of carbonyl (C=O) groups excluding carboxylic acids is 1. The lowest BCUT2D eigenvalue weighted by Gasteiger charge is -2.32. The fourth-order valence-electron chi connectivity index (χ4n) is 1.87. The Hall–Kier alpha value is -0.570. The largest absolute Gasteiger partial charge is 0.355 e. The van der Waals surface area contributed by atoms with Crippen LogP contribution in [0.5, 0.6) is 0 Å². The van der Waals surface area contributed by atoms with Gasteiger partial charge in [0.1, 0.15) is 0 Å². The molecule has 0 bridgehead atoms. The van der Waals surface area contributed by atoms with E-state index in [4.69, 9.17) is 0 Å². The second-order valence-corrected chi connectivity index (χ2v) is 4.10. The van der Waals surface area contributed by atoms with Crippen molar-refractivity contribution in [2.24, 2.45) is 0 Å². The van der Waals surface area contributed by atoms with Gasteiger partial charge in [-0.3, -0.25) is 9.69 Å². The molecule has 1 aliphatic heterocycles. The number of piperidine rings is 1. The average molecular weight is 198 g/mol. The van der Waals surface area contributed by atoms with Crippen LogP contribution >= 0.6 is 0 Å². The maximum Gasteiger partial charge on any atom is 0.219 e. The van der Waals surface area contributed by atoms with Crippen molar-refractivity contribution >= 4 is 5.91 Å². The van der Waals surface area contributed by atoms with E-state index >= 15 is 0 Å². The van der Waals surface area contributed by atoms with Crippen LogP contribution in [0.3, 0.4) is 0 Å². The number of hydrogen-bond donors (Lipinski definition) is 1. The number of likely N-dealkylation sites (tertiary alicyclic amines) is 1. The van der Waals surface area contributed by atoms with E-state index in [1.807, 2.05) is 6.92 Å². The molecule has 3 nitrogen and oxygen atoms in total. The zero-order chi connectivity index (χ0) is 10.4. The van der Waals surface area contributed by atoms with Crippen molar-refractivity contribution in [3.8, 4) is 0 Å². The Labute approximate surface area is 86.9 Å². The number of nitrogens with zero attached hydrogens (tertiary/aromatic N) is 1. The maximum absolute atomic E-state index is 11.1. The SMILES string of the molecule is CCC(=O)NCC(C)N1CCCCC1. The second kappa shape index (κ2) is 6.02. The minimum absolute atomic E-state index is 0.161. The molecule has 14 heavy (non-hydrogen) atoms. The standard InChI is InChI=1S/C11H22N2O/c1-3-11(14)12-9-10(2)13-7-5-4-6-8-13/h10H,3-9H2,1-2H3,(H,12,14). The Balaban J connectivity index is 2.19. The Kier molecular flexibility index (Phi) is 4.94. The molecule has 1 unspecified atom stereocenters. The van der Waals surface area contributed by atoms with Gasteiger partial charge in [0.25, 0.3) is 0 Å². The molecular weight excluding hydrogens is 176 g/mol. The van der Waals surface area contributed by atoms with Crippen LogP contribution in [0.15, 0.2) is 0 Å². The van der Waals surface area contributed by atoms with Crippen molar-refractivity contribution < 1.29 is 4.79 Å². The van der Waals surface area contributed by atoms with Crippen molar-refractivity contribution in [3.63, 3.8) is 0 Å². The first-order valence-electron chi connectivity index (χ1n) is 5.74. The Morgan fingerprint density at radius 1 is 1.36 bits per heavy atom. The monoisotopic (exact) mass is 198 g/mol. The van der Waals surface area contributed by atoms with Crippen molar-refractivity contribution in [1.82, 2.24) is 10.2 Å². The van der Waals surface area contributed by atoms with Gasteiger partial charge in [-0.1, -0.05) is 13.3 Å². The third kappa shape index (κ3) is 3.66. The molecule has 1 amide bonds. The quantitative estimate of drug-likeness (QED) is 0.740. The van der Waals surface area contributed by atoms with Gasteiger partial charge in [0.2, 0.25) is 5.91 Å². The molecule has 0 aromatic carbocycles. The van der Waals surface area contributed by atoms with Crippen LogP contribution in [-0.2, 0) is 4.79 Å². The normalized spacial score (nSPS) is 20.4. The molecule has 82 valence electrons. The Morgan fingerprint density at radius 3 is 2.57 bits per heavy atom. The molecular formula is C11H22N2O. The highest BCUT2D eigenvalue weighted by Gasteiger charge is 2.16. The van der Waals surface area contributed by atoms with Crippen LogP contribution in [0, 0.1) is 0 Å². The zero-order valence-corrected chi connectivity index (χ0v) is 9.38. The molecule has 1 aliphatic rings. The van der Waals surface area contributed by atoms with Gasteiger partial charge in [-0.15, -0.1) is 0 Å². The van der Waals surface area contributed by atoms with E-state index in [1.165, 1.54) is 32.4 Å². The molecule has 0 aromatic heterocycles. The van der Waals surface area contributed by atoms with Crippen molar-refractivity contribution in [2.75, 3.05) is 19.6 Å². The molecule has 0 aliphatic carbocycles. The lowest BCUT2D eigenvalue weighted by atomic mass is 10.1. The highest BCUT2D eigenvalue weighted by molar-refractivity contribution is 5.75. The summed E-state index contributed by atoms with van der Waals surface area (Å²) in [4.78, 5) is 13.5. The summed E-state index contributed by atoms with van der Waals surface area (Å²) in [6, 6.07) is 0.491. The molecule has 1 heterocycles. The summed E-state index contributed by atoms with van der Waals surface area (Å²) < 4.78 is 0. The van der Waals surface area contributed by atoms with E-state index in [9.17, 15) is 4.79 Å². The summed E-state index contributed by atoms with van der Waals surface area (Å²) in [7, 11) is 0. The fourth-order valence-corrected chi connectivity index (χ4v) is 1.87. The molecule has 1 rings (SSSR count). The number of hydrogen-bond acceptors (Lipinski definition) is 2. The minimum Gasteiger partial charge on any atom is -0.355 e. The molecule has 0 radical (unpaired) electrons. The topological polar surface area (TPSA) is 32.3 Å². The third-order valence-corrected chi connectivity index (χ3v) is 2.93. The van der Waals surface area contributed by atoms with Crippen LogP contribution in [0.25, 0.3) is 0 Å². The van der Waals surface area contributed by atoms with E-state index in [0.29, 0.717) is 12.5 Å². The predicted octanol–water partition coefficient (Wildman–Crippen LogP) is 1.39. The van der Waals surface area contributed by atoms with Crippen molar-refractivity contribution in [3.05, 3.63) is 0 Å². The molecule has 1 fully saturated rings. The van der Waals surface area contributed by atoms with Crippen LogP contribution in [0.2, 0.25) is 0 Å². The molecule has 1 atom stereocenters. The van der Waals surface area contributed by atoms with Crippen LogP contribution in [0.4, 0.5) is 0 Å². The first-order valence-corrected chi connectivity index (χ1v) is 5.74. The highest BCUT2D eigenvalue weighted by atomic mass is 16.1. The van der Waals surface area contributed by atoms with Crippen molar-refractivity contribution in [1.29, 1.82) is 0 Å². The summed E-state index contributed by atoms with van der Waals surface area (Å²) in [6.45, 7) is 7.28. The smallest absolute Gasteiger partial charge is 0.219 e. The lowest BCUT2D eigenvalue weighted by Crippen LogP contribution is -2.44. The number of carbonyl (C=O) groups is 1. The van der Waals surface area contributed by atoms with Gasteiger partial charge in [-0.2, -0.15) is 0 Å². The van der Waals surface area contributed by atoms with Crippen LogP contribution in [0.1, 0.15) is 39.5 Å². The summed E-state index contributed by atoms with van der Waals surface area (Å²) >= 11 is 0. The molecule has 0 spiro atoms. The number of nitrogens with one attached hydrogen (secondary N) is 1. The highest BCUT2D eigenvalue weighted by Crippen LogP contribution is 2.11. The van der Waals surface area contributed by atoms with E-state index in [2.05, 4.69) is 17.1 Å². The average Bonchev–Trinajstić information content (AvgIpc) is 2.26. The number of rotatable bonds is 4. The van der Waals surface area contributed by atoms with Gasteiger partial charge in [-0.05, 0) is 32.9 Å². The van der Waals surface area contributed by atoms with Gasteiger partial charge in [-0.25, -0.2) is 0 Å². The number of amides is 1. The van der Waals surface area contributed by atoms with Gasteiger partial charge < -0.3 is 5.32 Å². The zero-order valence-electron chi connectivity index (χ0n) is 9.38. The first-order chi connectivity index (χ1) is 6.74. The Morgan fingerprint density at radius 2 is 2.00 bits per heavy atom. The van der Waals surface area contributed by atoms with Crippen LogP contribution in [-0.4, -0.2) is 36.5 Å². The molecule has 0 saturated carbocycles. The van der Waals surface area contributed by atoms with Gasteiger partial charge in [0.05, 0.1) is 0 Å². The van der Waals surface area contributed by atoms with Crippen molar-refractivity contribution in [2.45, 2.75) is 45.6 Å². The fraction of sp³-hybridized carbons (Fsp3) is 0.909. The van der Waals surface area contributed by atoms with E-state index in [0.717, 1.165) is 6.54 Å². The van der Waals surface area contributed by atoms with Gasteiger partial charge >= 0.3 is 0 Å².